The summed E-state index contributed by atoms with van der Waals surface area (Å²) >= 11 is 0. The first-order valence-corrected chi connectivity index (χ1v) is 11.4. The second kappa shape index (κ2) is 11.1. The molecule has 3 rings (SSSR count). The van der Waals surface area contributed by atoms with Crippen LogP contribution in [0.2, 0.25) is 0 Å². The fourth-order valence-corrected chi connectivity index (χ4v) is 3.92. The first-order valence-electron chi connectivity index (χ1n) is 11.4. The average molecular weight is 453 g/mol. The average Bonchev–Trinajstić information content (AvgIpc) is 3.20. The first kappa shape index (κ1) is 24.5. The highest BCUT2D eigenvalue weighted by Crippen LogP contribution is 2.30. The maximum atomic E-state index is 13.3. The molecule has 0 saturated carbocycles. The van der Waals surface area contributed by atoms with Crippen LogP contribution in [0.3, 0.4) is 0 Å². The predicted octanol–water partition coefficient (Wildman–Crippen LogP) is 3.49. The number of para-hydroxylation sites is 2. The van der Waals surface area contributed by atoms with E-state index in [1.54, 1.807) is 24.3 Å². The molecule has 1 aliphatic rings. The molecule has 2 aromatic rings. The van der Waals surface area contributed by atoms with Gasteiger partial charge in [-0.3, -0.25) is 14.5 Å². The lowest BCUT2D eigenvalue weighted by Crippen LogP contribution is -2.55. The standard InChI is InChI=1S/C26H32N2O5/c1-17(2)15-22(26(31)33-20-10-5-4-6-11-20)28(25(30)18(3)27)24(29)14-13-21-16-19-9-7-8-12-23(19)32-21/h4-12,17-18,21-22H,13-16,27H2,1-3H3/t18-,21?,22-/m0/s1. The second-order valence-corrected chi connectivity index (χ2v) is 8.86. The van der Waals surface area contributed by atoms with Gasteiger partial charge in [-0.1, -0.05) is 50.2 Å². The van der Waals surface area contributed by atoms with Gasteiger partial charge in [0.05, 0.1) is 6.04 Å². The van der Waals surface area contributed by atoms with Gasteiger partial charge in [-0.2, -0.15) is 0 Å². The summed E-state index contributed by atoms with van der Waals surface area (Å²) in [5.41, 5.74) is 6.95. The molecule has 3 atom stereocenters. The molecule has 176 valence electrons. The van der Waals surface area contributed by atoms with Crippen LogP contribution >= 0.6 is 0 Å². The number of imide groups is 1. The number of hydrogen-bond acceptors (Lipinski definition) is 6. The molecule has 1 aliphatic heterocycles. The lowest BCUT2D eigenvalue weighted by molar-refractivity contribution is -0.158. The topological polar surface area (TPSA) is 98.9 Å². The molecule has 0 spiro atoms. The summed E-state index contributed by atoms with van der Waals surface area (Å²) in [5.74, 6) is -0.473. The van der Waals surface area contributed by atoms with Crippen molar-refractivity contribution in [1.29, 1.82) is 0 Å². The van der Waals surface area contributed by atoms with Crippen LogP contribution in [-0.2, 0) is 20.8 Å². The maximum Gasteiger partial charge on any atom is 0.334 e. The van der Waals surface area contributed by atoms with Crippen molar-refractivity contribution in [1.82, 2.24) is 4.90 Å². The van der Waals surface area contributed by atoms with E-state index in [0.717, 1.165) is 16.2 Å². The molecule has 0 bridgehead atoms. The highest BCUT2D eigenvalue weighted by molar-refractivity contribution is 6.01. The summed E-state index contributed by atoms with van der Waals surface area (Å²) in [4.78, 5) is 40.4. The monoisotopic (exact) mass is 452 g/mol. The van der Waals surface area contributed by atoms with Crippen LogP contribution < -0.4 is 15.2 Å². The summed E-state index contributed by atoms with van der Waals surface area (Å²) in [6.45, 7) is 5.35. The Balaban J connectivity index is 1.75. The van der Waals surface area contributed by atoms with Crippen LogP contribution in [0.25, 0.3) is 0 Å². The summed E-state index contributed by atoms with van der Waals surface area (Å²) in [6, 6.07) is 14.4. The number of nitrogens with two attached hydrogens (primary N) is 1. The van der Waals surface area contributed by atoms with Gasteiger partial charge in [0.25, 0.3) is 0 Å². The van der Waals surface area contributed by atoms with Crippen molar-refractivity contribution >= 4 is 17.8 Å². The molecule has 0 saturated heterocycles. The Morgan fingerprint density at radius 3 is 2.36 bits per heavy atom. The quantitative estimate of drug-likeness (QED) is 0.462. The lowest BCUT2D eigenvalue weighted by Gasteiger charge is -2.31. The number of hydrogen-bond donors (Lipinski definition) is 1. The molecule has 7 nitrogen and oxygen atoms in total. The molecule has 0 radical (unpaired) electrons. The second-order valence-electron chi connectivity index (χ2n) is 8.86. The fraction of sp³-hybridized carbons (Fsp3) is 0.423. The number of fused-ring (bicyclic) bond motifs is 1. The SMILES string of the molecule is CC(C)C[C@@H](C(=O)Oc1ccccc1)N(C(=O)CCC1Cc2ccccc2O1)C(=O)[C@H](C)N. The number of amides is 2. The van der Waals surface area contributed by atoms with Crippen molar-refractivity contribution in [2.45, 2.75) is 64.6 Å². The summed E-state index contributed by atoms with van der Waals surface area (Å²) in [7, 11) is 0. The van der Waals surface area contributed by atoms with E-state index in [-0.39, 0.29) is 24.9 Å². The van der Waals surface area contributed by atoms with E-state index in [1.165, 1.54) is 6.92 Å². The largest absolute Gasteiger partial charge is 0.490 e. The van der Waals surface area contributed by atoms with Crippen molar-refractivity contribution in [2.75, 3.05) is 0 Å². The molecule has 0 fully saturated rings. The molecule has 1 unspecified atom stereocenters. The third-order valence-corrected chi connectivity index (χ3v) is 5.53. The molecular weight excluding hydrogens is 420 g/mol. The smallest absolute Gasteiger partial charge is 0.334 e. The van der Waals surface area contributed by atoms with Crippen molar-refractivity contribution in [3.63, 3.8) is 0 Å². The van der Waals surface area contributed by atoms with E-state index in [9.17, 15) is 14.4 Å². The van der Waals surface area contributed by atoms with E-state index in [4.69, 9.17) is 15.2 Å². The molecular formula is C26H32N2O5. The Labute approximate surface area is 194 Å². The van der Waals surface area contributed by atoms with E-state index < -0.39 is 29.9 Å². The minimum absolute atomic E-state index is 0.0437. The zero-order valence-electron chi connectivity index (χ0n) is 19.4. The van der Waals surface area contributed by atoms with Gasteiger partial charge in [-0.15, -0.1) is 0 Å². The van der Waals surface area contributed by atoms with Crippen LogP contribution in [-0.4, -0.2) is 40.9 Å². The van der Waals surface area contributed by atoms with Crippen LogP contribution in [0, 0.1) is 5.92 Å². The van der Waals surface area contributed by atoms with Crippen molar-refractivity contribution < 1.29 is 23.9 Å². The van der Waals surface area contributed by atoms with Gasteiger partial charge in [0.15, 0.2) is 0 Å². The number of ether oxygens (including phenoxy) is 2. The molecule has 2 aromatic carbocycles. The fourth-order valence-electron chi connectivity index (χ4n) is 3.92. The van der Waals surface area contributed by atoms with Crippen LogP contribution in [0.5, 0.6) is 11.5 Å². The number of esters is 1. The van der Waals surface area contributed by atoms with Crippen molar-refractivity contribution in [2.24, 2.45) is 11.7 Å². The summed E-state index contributed by atoms with van der Waals surface area (Å²) in [6.07, 6.45) is 1.32. The molecule has 33 heavy (non-hydrogen) atoms. The number of rotatable bonds is 9. The number of benzene rings is 2. The van der Waals surface area contributed by atoms with E-state index in [1.807, 2.05) is 44.2 Å². The summed E-state index contributed by atoms with van der Waals surface area (Å²) in [5, 5.41) is 0. The Bertz CT molecular complexity index is 949. The Hall–Kier alpha value is -3.19. The van der Waals surface area contributed by atoms with Gasteiger partial charge in [0.1, 0.15) is 23.6 Å². The van der Waals surface area contributed by atoms with Gasteiger partial charge in [-0.05, 0) is 49.4 Å². The van der Waals surface area contributed by atoms with Gasteiger partial charge >= 0.3 is 5.97 Å². The number of nitrogens with zero attached hydrogens (tertiary/aromatic N) is 1. The first-order chi connectivity index (χ1) is 15.8. The Morgan fingerprint density at radius 1 is 1.06 bits per heavy atom. The Kier molecular flexibility index (Phi) is 8.22. The van der Waals surface area contributed by atoms with Gasteiger partial charge in [-0.25, -0.2) is 4.79 Å². The predicted molar refractivity (Wildman–Crippen MR) is 125 cm³/mol. The minimum Gasteiger partial charge on any atom is -0.490 e. The van der Waals surface area contributed by atoms with Gasteiger partial charge in [0, 0.05) is 12.8 Å². The number of carbonyl (C=O) groups is 3. The zero-order valence-corrected chi connectivity index (χ0v) is 19.4. The summed E-state index contributed by atoms with van der Waals surface area (Å²) < 4.78 is 11.4. The Morgan fingerprint density at radius 2 is 1.73 bits per heavy atom. The van der Waals surface area contributed by atoms with E-state index in [2.05, 4.69) is 0 Å². The highest BCUT2D eigenvalue weighted by atomic mass is 16.5. The zero-order chi connectivity index (χ0) is 24.0. The van der Waals surface area contributed by atoms with E-state index >= 15 is 0 Å². The third-order valence-electron chi connectivity index (χ3n) is 5.53. The third kappa shape index (κ3) is 6.42. The number of carbonyl (C=O) groups excluding carboxylic acids is 3. The van der Waals surface area contributed by atoms with Crippen LogP contribution in [0.15, 0.2) is 54.6 Å². The minimum atomic E-state index is -1.06. The van der Waals surface area contributed by atoms with Crippen molar-refractivity contribution in [3.05, 3.63) is 60.2 Å². The van der Waals surface area contributed by atoms with Gasteiger partial charge < -0.3 is 15.2 Å². The van der Waals surface area contributed by atoms with Crippen molar-refractivity contribution in [3.8, 4) is 11.5 Å². The highest BCUT2D eigenvalue weighted by Gasteiger charge is 2.38. The maximum absolute atomic E-state index is 13.3. The van der Waals surface area contributed by atoms with E-state index in [0.29, 0.717) is 18.6 Å². The normalized spacial score (nSPS) is 16.5. The molecule has 7 heteroatoms. The molecule has 2 N–H and O–H groups in total. The lowest BCUT2D eigenvalue weighted by atomic mass is 10.00. The van der Waals surface area contributed by atoms with Gasteiger partial charge in [0.2, 0.25) is 11.8 Å². The molecule has 0 aromatic heterocycles. The van der Waals surface area contributed by atoms with Crippen LogP contribution in [0.4, 0.5) is 0 Å². The molecule has 0 aliphatic carbocycles. The molecule has 2 amide bonds. The van der Waals surface area contributed by atoms with Crippen LogP contribution in [0.1, 0.15) is 45.6 Å². The molecule has 1 heterocycles.